The van der Waals surface area contributed by atoms with Gasteiger partial charge in [-0.25, -0.2) is 4.98 Å². The van der Waals surface area contributed by atoms with Crippen LogP contribution in [0.15, 0.2) is 35.4 Å². The maximum absolute atomic E-state index is 12.1. The number of nitrogens with one attached hydrogen (secondary N) is 2. The number of ether oxygens (including phenoxy) is 1. The van der Waals surface area contributed by atoms with Gasteiger partial charge < -0.3 is 15.0 Å². The molecule has 0 spiro atoms. The minimum Gasteiger partial charge on any atom is -0.481 e. The van der Waals surface area contributed by atoms with E-state index in [1.54, 1.807) is 6.92 Å². The number of aromatic amines is 1. The van der Waals surface area contributed by atoms with E-state index in [9.17, 15) is 9.59 Å². The third-order valence-corrected chi connectivity index (χ3v) is 3.43. The maximum atomic E-state index is 12.1. The molecular formula is C17H21N3O3. The SMILES string of the molecule is Cc1ccc(C)c(O[C@H](C)C(=O)NCCc2cc(=O)[nH]cn2)c1. The van der Waals surface area contributed by atoms with E-state index in [0.717, 1.165) is 11.1 Å². The van der Waals surface area contributed by atoms with Crippen molar-refractivity contribution in [2.75, 3.05) is 6.54 Å². The Balaban J connectivity index is 1.85. The number of aryl methyl sites for hydroxylation is 2. The quantitative estimate of drug-likeness (QED) is 0.846. The number of hydrogen-bond acceptors (Lipinski definition) is 4. The van der Waals surface area contributed by atoms with E-state index in [1.165, 1.54) is 12.4 Å². The number of rotatable bonds is 6. The standard InChI is InChI=1S/C17H21N3O3/c1-11-4-5-12(2)15(8-11)23-13(3)17(22)18-7-6-14-9-16(21)20-10-19-14/h4-5,8-10,13H,6-7H2,1-3H3,(H,18,22)(H,19,20,21)/t13-/m1/s1. The number of carbonyl (C=O) groups is 1. The highest BCUT2D eigenvalue weighted by Crippen LogP contribution is 2.20. The highest BCUT2D eigenvalue weighted by Gasteiger charge is 2.15. The van der Waals surface area contributed by atoms with Gasteiger partial charge in [0, 0.05) is 24.7 Å². The zero-order valence-electron chi connectivity index (χ0n) is 13.6. The molecule has 0 fully saturated rings. The fourth-order valence-corrected chi connectivity index (χ4v) is 2.08. The fourth-order valence-electron chi connectivity index (χ4n) is 2.08. The lowest BCUT2D eigenvalue weighted by molar-refractivity contribution is -0.127. The molecule has 0 aliphatic carbocycles. The van der Waals surface area contributed by atoms with Gasteiger partial charge in [-0.1, -0.05) is 12.1 Å². The van der Waals surface area contributed by atoms with Crippen molar-refractivity contribution in [2.24, 2.45) is 0 Å². The van der Waals surface area contributed by atoms with E-state index in [4.69, 9.17) is 4.74 Å². The van der Waals surface area contributed by atoms with Crippen LogP contribution in [0.4, 0.5) is 0 Å². The molecule has 23 heavy (non-hydrogen) atoms. The second kappa shape index (κ2) is 7.58. The number of benzene rings is 1. The van der Waals surface area contributed by atoms with Crippen molar-refractivity contribution >= 4 is 5.91 Å². The van der Waals surface area contributed by atoms with Crippen LogP contribution < -0.4 is 15.6 Å². The summed E-state index contributed by atoms with van der Waals surface area (Å²) in [5.41, 5.74) is 2.51. The zero-order chi connectivity index (χ0) is 16.8. The summed E-state index contributed by atoms with van der Waals surface area (Å²) in [6, 6.07) is 7.30. The van der Waals surface area contributed by atoms with Crippen LogP contribution in [-0.2, 0) is 11.2 Å². The molecule has 0 bridgehead atoms. The summed E-state index contributed by atoms with van der Waals surface area (Å²) >= 11 is 0. The first-order chi connectivity index (χ1) is 11.0. The Hall–Kier alpha value is -2.63. The van der Waals surface area contributed by atoms with E-state index in [-0.39, 0.29) is 11.5 Å². The van der Waals surface area contributed by atoms with Gasteiger partial charge in [-0.2, -0.15) is 0 Å². The molecule has 0 aliphatic rings. The van der Waals surface area contributed by atoms with Crippen LogP contribution in [-0.4, -0.2) is 28.5 Å². The Morgan fingerprint density at radius 3 is 2.87 bits per heavy atom. The first kappa shape index (κ1) is 16.7. The van der Waals surface area contributed by atoms with Crippen LogP contribution in [0.5, 0.6) is 5.75 Å². The number of amides is 1. The van der Waals surface area contributed by atoms with Crippen LogP contribution in [0, 0.1) is 13.8 Å². The molecule has 1 amide bonds. The van der Waals surface area contributed by atoms with Gasteiger partial charge in [0.25, 0.3) is 11.5 Å². The molecule has 2 aromatic rings. The lowest BCUT2D eigenvalue weighted by atomic mass is 10.1. The smallest absolute Gasteiger partial charge is 0.260 e. The van der Waals surface area contributed by atoms with Crippen LogP contribution in [0.3, 0.4) is 0 Å². The van der Waals surface area contributed by atoms with Gasteiger partial charge in [-0.15, -0.1) is 0 Å². The topological polar surface area (TPSA) is 84.1 Å². The van der Waals surface area contributed by atoms with Crippen molar-refractivity contribution < 1.29 is 9.53 Å². The summed E-state index contributed by atoms with van der Waals surface area (Å²) in [4.78, 5) is 29.7. The van der Waals surface area contributed by atoms with Gasteiger partial charge >= 0.3 is 0 Å². The molecule has 6 nitrogen and oxygen atoms in total. The Morgan fingerprint density at radius 2 is 2.13 bits per heavy atom. The van der Waals surface area contributed by atoms with Crippen molar-refractivity contribution in [1.82, 2.24) is 15.3 Å². The molecule has 1 atom stereocenters. The zero-order valence-corrected chi connectivity index (χ0v) is 13.6. The third kappa shape index (κ3) is 4.95. The molecular weight excluding hydrogens is 294 g/mol. The monoisotopic (exact) mass is 315 g/mol. The lowest BCUT2D eigenvalue weighted by Crippen LogP contribution is -2.37. The highest BCUT2D eigenvalue weighted by atomic mass is 16.5. The summed E-state index contributed by atoms with van der Waals surface area (Å²) in [5.74, 6) is 0.514. The molecule has 0 aliphatic heterocycles. The minimum atomic E-state index is -0.595. The van der Waals surface area contributed by atoms with Gasteiger partial charge in [0.05, 0.1) is 6.33 Å². The Labute approximate surface area is 134 Å². The van der Waals surface area contributed by atoms with Crippen LogP contribution in [0.1, 0.15) is 23.7 Å². The minimum absolute atomic E-state index is 0.198. The molecule has 6 heteroatoms. The van der Waals surface area contributed by atoms with Crippen LogP contribution in [0.2, 0.25) is 0 Å². The second-order valence-corrected chi connectivity index (χ2v) is 5.47. The van der Waals surface area contributed by atoms with Crippen LogP contribution in [0.25, 0.3) is 0 Å². The lowest BCUT2D eigenvalue weighted by Gasteiger charge is -2.16. The number of carbonyl (C=O) groups excluding carboxylic acids is 1. The van der Waals surface area contributed by atoms with Crippen molar-refractivity contribution in [3.63, 3.8) is 0 Å². The first-order valence-electron chi connectivity index (χ1n) is 7.51. The Morgan fingerprint density at radius 1 is 1.35 bits per heavy atom. The Bertz CT molecular complexity index is 740. The molecule has 0 unspecified atom stereocenters. The summed E-state index contributed by atoms with van der Waals surface area (Å²) in [5, 5.41) is 2.79. The van der Waals surface area contributed by atoms with Crippen molar-refractivity contribution in [2.45, 2.75) is 33.3 Å². The van der Waals surface area contributed by atoms with Gasteiger partial charge in [0.15, 0.2) is 6.10 Å². The predicted molar refractivity (Wildman–Crippen MR) is 87.6 cm³/mol. The molecule has 1 aromatic heterocycles. The molecule has 1 heterocycles. The third-order valence-electron chi connectivity index (χ3n) is 3.43. The molecule has 1 aromatic carbocycles. The second-order valence-electron chi connectivity index (χ2n) is 5.47. The van der Waals surface area contributed by atoms with Crippen molar-refractivity contribution in [3.8, 4) is 5.75 Å². The summed E-state index contributed by atoms with van der Waals surface area (Å²) in [6.07, 6.45) is 1.25. The van der Waals surface area contributed by atoms with E-state index in [0.29, 0.717) is 24.4 Å². The fraction of sp³-hybridized carbons (Fsp3) is 0.353. The van der Waals surface area contributed by atoms with Gasteiger partial charge in [-0.05, 0) is 38.0 Å². The molecule has 0 saturated heterocycles. The molecule has 2 N–H and O–H groups in total. The summed E-state index contributed by atoms with van der Waals surface area (Å²) < 4.78 is 5.73. The van der Waals surface area contributed by atoms with Crippen molar-refractivity contribution in [3.05, 3.63) is 57.8 Å². The van der Waals surface area contributed by atoms with E-state index in [2.05, 4.69) is 15.3 Å². The molecule has 122 valence electrons. The van der Waals surface area contributed by atoms with E-state index >= 15 is 0 Å². The highest BCUT2D eigenvalue weighted by molar-refractivity contribution is 5.80. The number of H-pyrrole nitrogens is 1. The van der Waals surface area contributed by atoms with Crippen LogP contribution >= 0.6 is 0 Å². The molecule has 2 rings (SSSR count). The number of hydrogen-bond donors (Lipinski definition) is 2. The number of nitrogens with zero attached hydrogens (tertiary/aromatic N) is 1. The maximum Gasteiger partial charge on any atom is 0.260 e. The predicted octanol–water partition coefficient (Wildman–Crippen LogP) is 1.51. The summed E-state index contributed by atoms with van der Waals surface area (Å²) in [7, 11) is 0. The van der Waals surface area contributed by atoms with E-state index in [1.807, 2.05) is 32.0 Å². The average molecular weight is 315 g/mol. The van der Waals surface area contributed by atoms with Gasteiger partial charge in [0.2, 0.25) is 0 Å². The Kier molecular flexibility index (Phi) is 5.51. The van der Waals surface area contributed by atoms with Gasteiger partial charge in [-0.3, -0.25) is 9.59 Å². The molecule has 0 saturated carbocycles. The average Bonchev–Trinajstić information content (AvgIpc) is 2.51. The van der Waals surface area contributed by atoms with E-state index < -0.39 is 6.10 Å². The molecule has 0 radical (unpaired) electrons. The van der Waals surface area contributed by atoms with Crippen molar-refractivity contribution in [1.29, 1.82) is 0 Å². The van der Waals surface area contributed by atoms with Gasteiger partial charge in [0.1, 0.15) is 5.75 Å². The largest absolute Gasteiger partial charge is 0.481 e. The first-order valence-corrected chi connectivity index (χ1v) is 7.51. The normalized spacial score (nSPS) is 11.8. The summed E-state index contributed by atoms with van der Waals surface area (Å²) in [6.45, 7) is 6.03. The number of aromatic nitrogens is 2.